The third-order valence-electron chi connectivity index (χ3n) is 4.03. The Morgan fingerprint density at radius 1 is 1.48 bits per heavy atom. The van der Waals surface area contributed by atoms with Crippen LogP contribution in [-0.4, -0.2) is 46.8 Å². The average molecular weight is 541 g/mol. The Balaban J connectivity index is 1.67. The topological polar surface area (TPSA) is 89.0 Å². The molecule has 2 amide bonds. The summed E-state index contributed by atoms with van der Waals surface area (Å²) in [7, 11) is 0. The number of aromatic amines is 1. The van der Waals surface area contributed by atoms with Gasteiger partial charge in [-0.2, -0.15) is 5.26 Å². The second-order valence-corrected chi connectivity index (χ2v) is 7.50. The van der Waals surface area contributed by atoms with Crippen LogP contribution in [0.5, 0.6) is 0 Å². The van der Waals surface area contributed by atoms with E-state index in [1.165, 1.54) is 30.9 Å². The first-order valence-corrected chi connectivity index (χ1v) is 8.89. The van der Waals surface area contributed by atoms with Gasteiger partial charge in [0.05, 0.1) is 0 Å². The minimum absolute atomic E-state index is 0.373. The molecule has 130 valence electrons. The van der Waals surface area contributed by atoms with Crippen molar-refractivity contribution in [3.63, 3.8) is 0 Å². The van der Waals surface area contributed by atoms with Crippen molar-refractivity contribution in [2.45, 2.75) is 18.4 Å². The molecule has 0 saturated carbocycles. The maximum absolute atomic E-state index is 13.4. The van der Waals surface area contributed by atoms with Crippen molar-refractivity contribution in [1.82, 2.24) is 15.2 Å². The number of fused-ring (bicyclic) bond motifs is 1. The van der Waals surface area contributed by atoms with Crippen molar-refractivity contribution in [3.05, 3.63) is 30.0 Å². The molecule has 6 nitrogen and oxygen atoms in total. The Bertz CT molecular complexity index is 890. The van der Waals surface area contributed by atoms with E-state index in [2.05, 4.69) is 10.3 Å². The molecule has 1 aromatic heterocycles. The molecule has 0 radical (unpaired) electrons. The molecule has 1 fully saturated rings. The summed E-state index contributed by atoms with van der Waals surface area (Å²) in [4.78, 5) is 28.2. The van der Waals surface area contributed by atoms with Crippen LogP contribution >= 0.6 is 0 Å². The number of carbonyl (C=O) groups excluding carboxylic acids is 2. The molecule has 1 unspecified atom stereocenters. The fourth-order valence-electron chi connectivity index (χ4n) is 2.83. The number of nitrogens with zero attached hydrogens (tertiary/aromatic N) is 2. The van der Waals surface area contributed by atoms with Crippen molar-refractivity contribution >= 4 is 26.0 Å². The van der Waals surface area contributed by atoms with Crippen LogP contribution in [0.2, 0.25) is 0 Å². The van der Waals surface area contributed by atoms with E-state index >= 15 is 0 Å². The van der Waals surface area contributed by atoms with E-state index in [9.17, 15) is 18.4 Å². The third kappa shape index (κ3) is 3.64. The Hall–Kier alpha value is -2.07. The quantitative estimate of drug-likeness (QED) is 0.604. The Morgan fingerprint density at radius 2 is 2.24 bits per heavy atom. The molecular weight excluding hydrogens is 528 g/mol. The van der Waals surface area contributed by atoms with Gasteiger partial charge in [-0.25, -0.2) is 8.78 Å². The number of rotatable bonds is 3. The number of halogens is 2. The molecular formula is C16H13AtF2N4O2. The first-order valence-electron chi connectivity index (χ1n) is 7.42. The molecule has 3 rings (SSSR count). The molecule has 25 heavy (non-hydrogen) atoms. The van der Waals surface area contributed by atoms with Gasteiger partial charge in [0.2, 0.25) is 0 Å². The summed E-state index contributed by atoms with van der Waals surface area (Å²) >= 11 is 1.51. The number of benzene rings is 1. The van der Waals surface area contributed by atoms with E-state index in [4.69, 9.17) is 5.26 Å². The molecule has 2 aromatic rings. The van der Waals surface area contributed by atoms with Gasteiger partial charge in [-0.15, -0.1) is 0 Å². The summed E-state index contributed by atoms with van der Waals surface area (Å²) in [6, 6.07) is 6.15. The zero-order valence-corrected chi connectivity index (χ0v) is 15.8. The van der Waals surface area contributed by atoms with Gasteiger partial charge in [-0.1, -0.05) is 0 Å². The summed E-state index contributed by atoms with van der Waals surface area (Å²) in [6.07, 6.45) is 0.866. The summed E-state index contributed by atoms with van der Waals surface area (Å²) in [5, 5.41) is 12.1. The number of hydrogen-bond acceptors (Lipinski definition) is 3. The van der Waals surface area contributed by atoms with Crippen molar-refractivity contribution in [2.75, 3.05) is 13.1 Å². The number of alkyl halides is 2. The zero-order chi connectivity index (χ0) is 18.2. The van der Waals surface area contributed by atoms with Gasteiger partial charge in [-0.05, 0) is 0 Å². The minimum atomic E-state index is -3.07. The summed E-state index contributed by atoms with van der Waals surface area (Å²) < 4.78 is 27.9. The molecule has 0 bridgehead atoms. The van der Waals surface area contributed by atoms with Crippen molar-refractivity contribution in [2.24, 2.45) is 0 Å². The van der Waals surface area contributed by atoms with Gasteiger partial charge in [0.25, 0.3) is 0 Å². The van der Waals surface area contributed by atoms with Gasteiger partial charge in [-0.3, -0.25) is 0 Å². The molecule has 1 atom stereocenters. The molecule has 0 aliphatic carbocycles. The van der Waals surface area contributed by atoms with Crippen molar-refractivity contribution in [3.8, 4) is 6.07 Å². The molecule has 2 heterocycles. The van der Waals surface area contributed by atoms with Gasteiger partial charge < -0.3 is 0 Å². The number of nitriles is 1. The Morgan fingerprint density at radius 3 is 2.96 bits per heavy atom. The van der Waals surface area contributed by atoms with Crippen LogP contribution in [0.3, 0.4) is 0 Å². The van der Waals surface area contributed by atoms with Crippen LogP contribution in [0.4, 0.5) is 8.78 Å². The number of nitrogens with one attached hydrogen (secondary N) is 2. The predicted molar refractivity (Wildman–Crippen MR) is 80.9 cm³/mol. The molecule has 1 saturated heterocycles. The second kappa shape index (κ2) is 6.68. The fourth-order valence-corrected chi connectivity index (χ4v) is 3.50. The number of aromatic nitrogens is 1. The third-order valence-corrected chi connectivity index (χ3v) is 4.94. The molecule has 2 N–H and O–H groups in total. The Kier molecular flexibility index (Phi) is 4.74. The van der Waals surface area contributed by atoms with Crippen LogP contribution in [-0.2, 0) is 4.79 Å². The van der Waals surface area contributed by atoms with E-state index in [-0.39, 0.29) is 0 Å². The standard InChI is InChI=1S/C16H13AtF2N4O2/c17-9-1-2-11-12(6-21-13(11)3-9)15(25)22-7-14(24)23-8-16(18,19)4-10(23)5-20/h1-3,6,10,21H,4,7-8H2,(H,22,25). The molecule has 1 aromatic carbocycles. The zero-order valence-electron chi connectivity index (χ0n) is 12.9. The monoisotopic (exact) mass is 541 g/mol. The first kappa shape index (κ1) is 17.7. The molecule has 1 aliphatic heterocycles. The van der Waals surface area contributed by atoms with E-state index in [1.54, 1.807) is 6.07 Å². The molecule has 0 spiro atoms. The van der Waals surface area contributed by atoms with E-state index in [1.807, 2.05) is 18.2 Å². The van der Waals surface area contributed by atoms with Gasteiger partial charge in [0.15, 0.2) is 0 Å². The maximum atomic E-state index is 13.4. The summed E-state index contributed by atoms with van der Waals surface area (Å²) in [5.74, 6) is -4.25. The number of H-pyrrole nitrogens is 1. The van der Waals surface area contributed by atoms with Gasteiger partial charge >= 0.3 is 143 Å². The second-order valence-electron chi connectivity index (χ2n) is 5.80. The molecule has 1 aliphatic rings. The van der Waals surface area contributed by atoms with Crippen LogP contribution in [0.15, 0.2) is 24.4 Å². The fraction of sp³-hybridized carbons (Fsp3) is 0.312. The normalized spacial score (nSPS) is 19.0. The van der Waals surface area contributed by atoms with Crippen molar-refractivity contribution in [1.29, 1.82) is 5.26 Å². The number of likely N-dealkylation sites (tertiary alicyclic amines) is 1. The van der Waals surface area contributed by atoms with E-state index in [0.717, 1.165) is 13.7 Å². The van der Waals surface area contributed by atoms with Gasteiger partial charge in [0, 0.05) is 0 Å². The number of hydrogen-bond donors (Lipinski definition) is 2. The summed E-state index contributed by atoms with van der Waals surface area (Å²) in [6.45, 7) is -1.23. The molecule has 9 heteroatoms. The summed E-state index contributed by atoms with van der Waals surface area (Å²) in [5.41, 5.74) is 1.18. The van der Waals surface area contributed by atoms with Gasteiger partial charge in [0.1, 0.15) is 0 Å². The van der Waals surface area contributed by atoms with E-state index < -0.39 is 43.3 Å². The average Bonchev–Trinajstić information content (AvgIpc) is 3.11. The van der Waals surface area contributed by atoms with Crippen LogP contribution in [0.1, 0.15) is 16.8 Å². The van der Waals surface area contributed by atoms with Crippen LogP contribution in [0, 0.1) is 36.1 Å². The number of carbonyl (C=O) groups is 2. The van der Waals surface area contributed by atoms with Crippen LogP contribution < -0.4 is 8.59 Å². The number of amides is 2. The first-order chi connectivity index (χ1) is 11.8. The Labute approximate surface area is 157 Å². The van der Waals surface area contributed by atoms with Crippen molar-refractivity contribution < 1.29 is 43.1 Å². The van der Waals surface area contributed by atoms with Crippen LogP contribution in [0.25, 0.3) is 10.9 Å². The predicted octanol–water partition coefficient (Wildman–Crippen LogP) is 0.832. The van der Waals surface area contributed by atoms with E-state index in [0.29, 0.717) is 10.9 Å². The SMILES string of the molecule is N#CC1CC(F)(F)CN1C(=O)CNC(=O)c1c[nH]c2cc([At])ccc12.